The SMILES string of the molecule is CCCCCCCCCCCCCCC(C(O)CCCCCC)S(=O)(=O)O. The Kier molecular flexibility index (Phi) is 17.8. The quantitative estimate of drug-likeness (QED) is 0.175. The Balaban J connectivity index is 3.76. The second kappa shape index (κ2) is 17.9. The third-order valence-electron chi connectivity index (χ3n) is 5.51. The number of aliphatic hydroxyl groups excluding tert-OH is 1. The van der Waals surface area contributed by atoms with Gasteiger partial charge in [-0.15, -0.1) is 0 Å². The molecule has 0 saturated carbocycles. The second-order valence-corrected chi connectivity index (χ2v) is 9.78. The lowest BCUT2D eigenvalue weighted by Crippen LogP contribution is -2.33. The van der Waals surface area contributed by atoms with Gasteiger partial charge < -0.3 is 5.11 Å². The first-order valence-corrected chi connectivity index (χ1v) is 13.1. The van der Waals surface area contributed by atoms with Crippen molar-refractivity contribution in [3.05, 3.63) is 0 Å². The largest absolute Gasteiger partial charge is 0.392 e. The van der Waals surface area contributed by atoms with E-state index in [1.54, 1.807) is 0 Å². The highest BCUT2D eigenvalue weighted by Crippen LogP contribution is 2.20. The lowest BCUT2D eigenvalue weighted by atomic mass is 10.0. The number of unbranched alkanes of at least 4 members (excludes halogenated alkanes) is 14. The van der Waals surface area contributed by atoms with E-state index in [0.29, 0.717) is 12.8 Å². The van der Waals surface area contributed by atoms with Gasteiger partial charge in [0.2, 0.25) is 0 Å². The third-order valence-corrected chi connectivity index (χ3v) is 6.82. The van der Waals surface area contributed by atoms with E-state index in [-0.39, 0.29) is 0 Å². The van der Waals surface area contributed by atoms with Crippen molar-refractivity contribution in [3.63, 3.8) is 0 Å². The van der Waals surface area contributed by atoms with E-state index < -0.39 is 21.5 Å². The predicted molar refractivity (Wildman–Crippen MR) is 116 cm³/mol. The molecule has 0 aromatic heterocycles. The minimum atomic E-state index is -4.17. The van der Waals surface area contributed by atoms with Gasteiger partial charge in [-0.1, -0.05) is 117 Å². The molecule has 0 aromatic carbocycles. The van der Waals surface area contributed by atoms with Gasteiger partial charge >= 0.3 is 0 Å². The summed E-state index contributed by atoms with van der Waals surface area (Å²) in [7, 11) is -4.17. The molecule has 5 heteroatoms. The molecule has 0 aliphatic heterocycles. The molecular formula is C22H46O4S. The molecule has 2 N–H and O–H groups in total. The Labute approximate surface area is 169 Å². The number of hydrogen-bond donors (Lipinski definition) is 2. The highest BCUT2D eigenvalue weighted by molar-refractivity contribution is 7.86. The van der Waals surface area contributed by atoms with E-state index in [1.165, 1.54) is 57.8 Å². The summed E-state index contributed by atoms with van der Waals surface area (Å²) in [6.07, 6.45) is 18.6. The molecule has 0 heterocycles. The first kappa shape index (κ1) is 26.9. The average Bonchev–Trinajstić information content (AvgIpc) is 2.61. The first-order valence-electron chi connectivity index (χ1n) is 11.6. The smallest absolute Gasteiger partial charge is 0.270 e. The van der Waals surface area contributed by atoms with Crippen molar-refractivity contribution in [2.75, 3.05) is 0 Å². The van der Waals surface area contributed by atoms with Crippen LogP contribution in [0.25, 0.3) is 0 Å². The minimum Gasteiger partial charge on any atom is -0.392 e. The molecule has 0 rings (SSSR count). The number of rotatable bonds is 20. The number of aliphatic hydroxyl groups is 1. The summed E-state index contributed by atoms with van der Waals surface area (Å²) in [5.41, 5.74) is 0. The zero-order valence-corrected chi connectivity index (χ0v) is 18.8. The molecule has 0 aliphatic rings. The molecule has 0 aromatic rings. The van der Waals surface area contributed by atoms with Crippen LogP contribution in [0, 0.1) is 0 Å². The summed E-state index contributed by atoms with van der Waals surface area (Å²) in [5.74, 6) is 0. The molecule has 0 fully saturated rings. The van der Waals surface area contributed by atoms with Crippen LogP contribution in [0.5, 0.6) is 0 Å². The summed E-state index contributed by atoms with van der Waals surface area (Å²) in [6.45, 7) is 4.36. The predicted octanol–water partition coefficient (Wildman–Crippen LogP) is 6.67. The van der Waals surface area contributed by atoms with E-state index in [0.717, 1.165) is 44.9 Å². The highest BCUT2D eigenvalue weighted by atomic mass is 32.2. The molecule has 2 unspecified atom stereocenters. The van der Waals surface area contributed by atoms with E-state index >= 15 is 0 Å². The Hall–Kier alpha value is -0.130. The first-order chi connectivity index (χ1) is 12.9. The van der Waals surface area contributed by atoms with Gasteiger partial charge in [-0.25, -0.2) is 0 Å². The molecule has 0 spiro atoms. The van der Waals surface area contributed by atoms with Crippen molar-refractivity contribution >= 4 is 10.1 Å². The fraction of sp³-hybridized carbons (Fsp3) is 1.00. The van der Waals surface area contributed by atoms with Crippen LogP contribution in [-0.4, -0.2) is 29.4 Å². The van der Waals surface area contributed by atoms with Gasteiger partial charge in [0.05, 0.1) is 6.10 Å². The molecule has 0 bridgehead atoms. The van der Waals surface area contributed by atoms with Crippen molar-refractivity contribution in [2.45, 2.75) is 141 Å². The lowest BCUT2D eigenvalue weighted by Gasteiger charge is -2.20. The van der Waals surface area contributed by atoms with Gasteiger partial charge in [0, 0.05) is 0 Å². The van der Waals surface area contributed by atoms with Crippen LogP contribution in [0.3, 0.4) is 0 Å². The van der Waals surface area contributed by atoms with E-state index in [2.05, 4.69) is 13.8 Å². The Morgan fingerprint density at radius 2 is 0.926 bits per heavy atom. The van der Waals surface area contributed by atoms with Crippen LogP contribution >= 0.6 is 0 Å². The minimum absolute atomic E-state index is 0.366. The molecular weight excluding hydrogens is 360 g/mol. The fourth-order valence-electron chi connectivity index (χ4n) is 3.69. The maximum atomic E-state index is 11.6. The average molecular weight is 407 g/mol. The molecule has 0 aliphatic carbocycles. The van der Waals surface area contributed by atoms with Crippen LogP contribution in [0.4, 0.5) is 0 Å². The van der Waals surface area contributed by atoms with Gasteiger partial charge in [-0.2, -0.15) is 8.42 Å². The van der Waals surface area contributed by atoms with E-state index in [4.69, 9.17) is 0 Å². The third kappa shape index (κ3) is 16.5. The normalized spacial score (nSPS) is 14.4. The molecule has 4 nitrogen and oxygen atoms in total. The molecule has 0 radical (unpaired) electrons. The molecule has 27 heavy (non-hydrogen) atoms. The van der Waals surface area contributed by atoms with Gasteiger partial charge in [0.25, 0.3) is 10.1 Å². The molecule has 0 saturated heterocycles. The summed E-state index contributed by atoms with van der Waals surface area (Å²) < 4.78 is 32.6. The summed E-state index contributed by atoms with van der Waals surface area (Å²) >= 11 is 0. The maximum Gasteiger partial charge on any atom is 0.270 e. The van der Waals surface area contributed by atoms with Gasteiger partial charge in [-0.05, 0) is 12.8 Å². The van der Waals surface area contributed by atoms with Crippen molar-refractivity contribution in [1.82, 2.24) is 0 Å². The van der Waals surface area contributed by atoms with E-state index in [9.17, 15) is 18.1 Å². The molecule has 0 amide bonds. The van der Waals surface area contributed by atoms with Crippen molar-refractivity contribution in [2.24, 2.45) is 0 Å². The summed E-state index contributed by atoms with van der Waals surface area (Å²) in [5, 5.41) is 9.17. The maximum absolute atomic E-state index is 11.6. The van der Waals surface area contributed by atoms with Crippen molar-refractivity contribution < 1.29 is 18.1 Å². The van der Waals surface area contributed by atoms with Crippen molar-refractivity contribution in [3.8, 4) is 0 Å². The molecule has 164 valence electrons. The Morgan fingerprint density at radius 1 is 0.593 bits per heavy atom. The van der Waals surface area contributed by atoms with Gasteiger partial charge in [0.15, 0.2) is 0 Å². The lowest BCUT2D eigenvalue weighted by molar-refractivity contribution is 0.146. The molecule has 2 atom stereocenters. The van der Waals surface area contributed by atoms with Gasteiger partial charge in [-0.3, -0.25) is 4.55 Å². The standard InChI is InChI=1S/C22H46O4S/c1-3-5-7-9-10-11-12-13-14-15-16-18-20-22(27(24,25)26)21(23)19-17-8-6-4-2/h21-23H,3-20H2,1-2H3,(H,24,25,26). The van der Waals surface area contributed by atoms with Crippen LogP contribution < -0.4 is 0 Å². The van der Waals surface area contributed by atoms with Crippen LogP contribution in [0.1, 0.15) is 129 Å². The van der Waals surface area contributed by atoms with E-state index in [1.807, 2.05) is 0 Å². The Morgan fingerprint density at radius 3 is 1.33 bits per heavy atom. The second-order valence-electron chi connectivity index (χ2n) is 8.15. The van der Waals surface area contributed by atoms with Crippen LogP contribution in [-0.2, 0) is 10.1 Å². The van der Waals surface area contributed by atoms with Crippen LogP contribution in [0.2, 0.25) is 0 Å². The van der Waals surface area contributed by atoms with Crippen LogP contribution in [0.15, 0.2) is 0 Å². The van der Waals surface area contributed by atoms with Crippen molar-refractivity contribution in [1.29, 1.82) is 0 Å². The number of hydrogen-bond acceptors (Lipinski definition) is 3. The topological polar surface area (TPSA) is 74.6 Å². The zero-order chi connectivity index (χ0) is 20.4. The highest BCUT2D eigenvalue weighted by Gasteiger charge is 2.29. The monoisotopic (exact) mass is 406 g/mol. The van der Waals surface area contributed by atoms with Gasteiger partial charge in [0.1, 0.15) is 5.25 Å². The zero-order valence-electron chi connectivity index (χ0n) is 18.0. The summed E-state index contributed by atoms with van der Waals surface area (Å²) in [4.78, 5) is 0. The summed E-state index contributed by atoms with van der Waals surface area (Å²) in [6, 6.07) is 0. The Bertz CT molecular complexity index is 409. The fourth-order valence-corrected chi connectivity index (χ4v) is 4.69.